The summed E-state index contributed by atoms with van der Waals surface area (Å²) in [4.78, 5) is 24.6. The Morgan fingerprint density at radius 1 is 1.25 bits per heavy atom. The maximum Gasteiger partial charge on any atom is 0.328 e. The number of H-pyrrole nitrogens is 1. The molecule has 0 saturated heterocycles. The fourth-order valence-corrected chi connectivity index (χ4v) is 1.88. The minimum Gasteiger partial charge on any atom is -0.490 e. The van der Waals surface area contributed by atoms with Crippen molar-refractivity contribution in [2.24, 2.45) is 0 Å². The number of hydrogen-bond acceptors (Lipinski definition) is 3. The van der Waals surface area contributed by atoms with Crippen molar-refractivity contribution in [3.8, 4) is 5.75 Å². The van der Waals surface area contributed by atoms with E-state index in [1.807, 2.05) is 0 Å². The summed E-state index contributed by atoms with van der Waals surface area (Å²) in [6.07, 6.45) is 1.22. The van der Waals surface area contributed by atoms with Crippen molar-refractivity contribution >= 4 is 23.2 Å². The lowest BCUT2D eigenvalue weighted by Crippen LogP contribution is -2.31. The summed E-state index contributed by atoms with van der Waals surface area (Å²) in [7, 11) is 0. The number of ether oxygens (including phenoxy) is 1. The molecule has 0 amide bonds. The first-order valence-electron chi connectivity index (χ1n) is 5.54. The number of benzene rings is 1. The summed E-state index contributed by atoms with van der Waals surface area (Å²) in [5.41, 5.74) is -1.23. The van der Waals surface area contributed by atoms with Crippen molar-refractivity contribution in [3.05, 3.63) is 61.1 Å². The number of aromatic nitrogens is 2. The third-order valence-corrected chi connectivity index (χ3v) is 3.02. The average Bonchev–Trinajstić information content (AvgIpc) is 2.38. The third kappa shape index (κ3) is 3.40. The Morgan fingerprint density at radius 3 is 2.70 bits per heavy atom. The second-order valence-electron chi connectivity index (χ2n) is 3.85. The van der Waals surface area contributed by atoms with Crippen LogP contribution in [0.15, 0.2) is 34.0 Å². The molecule has 2 rings (SSSR count). The fourth-order valence-electron chi connectivity index (χ4n) is 1.50. The van der Waals surface area contributed by atoms with E-state index in [9.17, 15) is 14.0 Å². The standard InChI is InChI=1S/C12H9Cl2FN2O3/c13-8-5-7(15)1-2-10(8)20-4-3-17-6-9(14)11(18)16-12(17)19/h1-2,5-6H,3-4H2,(H,16,18,19). The molecule has 1 aromatic heterocycles. The van der Waals surface area contributed by atoms with Crippen LogP contribution in [-0.2, 0) is 6.54 Å². The van der Waals surface area contributed by atoms with E-state index >= 15 is 0 Å². The molecule has 0 atom stereocenters. The normalized spacial score (nSPS) is 10.6. The monoisotopic (exact) mass is 318 g/mol. The Kier molecular flexibility index (Phi) is 4.46. The van der Waals surface area contributed by atoms with Crippen LogP contribution in [0.25, 0.3) is 0 Å². The molecule has 20 heavy (non-hydrogen) atoms. The molecule has 1 N–H and O–H groups in total. The van der Waals surface area contributed by atoms with E-state index in [-0.39, 0.29) is 23.2 Å². The van der Waals surface area contributed by atoms with Crippen molar-refractivity contribution < 1.29 is 9.13 Å². The van der Waals surface area contributed by atoms with E-state index in [4.69, 9.17) is 27.9 Å². The van der Waals surface area contributed by atoms with Crippen LogP contribution in [0.4, 0.5) is 4.39 Å². The molecule has 0 spiro atoms. The van der Waals surface area contributed by atoms with Gasteiger partial charge < -0.3 is 4.74 Å². The SMILES string of the molecule is O=c1[nH]c(=O)n(CCOc2ccc(F)cc2Cl)cc1Cl. The first kappa shape index (κ1) is 14.6. The molecule has 106 valence electrons. The number of halogens is 3. The fraction of sp³-hybridized carbons (Fsp3) is 0.167. The van der Waals surface area contributed by atoms with E-state index in [0.29, 0.717) is 5.75 Å². The van der Waals surface area contributed by atoms with Crippen LogP contribution in [0.1, 0.15) is 0 Å². The van der Waals surface area contributed by atoms with Gasteiger partial charge in [-0.15, -0.1) is 0 Å². The van der Waals surface area contributed by atoms with Gasteiger partial charge in [-0.3, -0.25) is 14.3 Å². The summed E-state index contributed by atoms with van der Waals surface area (Å²) < 4.78 is 19.4. The van der Waals surface area contributed by atoms with E-state index in [2.05, 4.69) is 4.98 Å². The Morgan fingerprint density at radius 2 is 2.00 bits per heavy atom. The molecule has 0 fully saturated rings. The smallest absolute Gasteiger partial charge is 0.328 e. The molecule has 0 bridgehead atoms. The van der Waals surface area contributed by atoms with Crippen LogP contribution in [0.3, 0.4) is 0 Å². The van der Waals surface area contributed by atoms with Crippen molar-refractivity contribution in [3.63, 3.8) is 0 Å². The van der Waals surface area contributed by atoms with Gasteiger partial charge in [0.15, 0.2) is 0 Å². The van der Waals surface area contributed by atoms with Gasteiger partial charge in [0.1, 0.15) is 23.2 Å². The Hall–Kier alpha value is -1.79. The molecular weight excluding hydrogens is 310 g/mol. The highest BCUT2D eigenvalue weighted by Crippen LogP contribution is 2.24. The van der Waals surface area contributed by atoms with Crippen LogP contribution < -0.4 is 16.0 Å². The molecule has 1 aromatic carbocycles. The Labute approximate surface area is 122 Å². The highest BCUT2D eigenvalue weighted by atomic mass is 35.5. The zero-order chi connectivity index (χ0) is 14.7. The number of rotatable bonds is 4. The minimum atomic E-state index is -0.643. The van der Waals surface area contributed by atoms with Crippen LogP contribution in [0.2, 0.25) is 10.0 Å². The largest absolute Gasteiger partial charge is 0.490 e. The Bertz CT molecular complexity index is 742. The molecule has 0 unspecified atom stereocenters. The second-order valence-corrected chi connectivity index (χ2v) is 4.67. The molecule has 8 heteroatoms. The van der Waals surface area contributed by atoms with E-state index in [1.165, 1.54) is 22.9 Å². The van der Waals surface area contributed by atoms with Crippen molar-refractivity contribution in [2.45, 2.75) is 6.54 Å². The van der Waals surface area contributed by atoms with Crippen molar-refractivity contribution in [1.82, 2.24) is 9.55 Å². The molecule has 1 heterocycles. The zero-order valence-corrected chi connectivity index (χ0v) is 11.5. The van der Waals surface area contributed by atoms with E-state index in [0.717, 1.165) is 6.07 Å². The lowest BCUT2D eigenvalue weighted by Gasteiger charge is -2.09. The second kappa shape index (κ2) is 6.11. The molecule has 0 aliphatic heterocycles. The van der Waals surface area contributed by atoms with E-state index in [1.54, 1.807) is 0 Å². The number of aromatic amines is 1. The van der Waals surface area contributed by atoms with Gasteiger partial charge in [-0.25, -0.2) is 9.18 Å². The van der Waals surface area contributed by atoms with Gasteiger partial charge >= 0.3 is 5.69 Å². The van der Waals surface area contributed by atoms with Crippen LogP contribution >= 0.6 is 23.2 Å². The highest BCUT2D eigenvalue weighted by Gasteiger charge is 2.05. The van der Waals surface area contributed by atoms with Gasteiger partial charge in [0.2, 0.25) is 0 Å². The van der Waals surface area contributed by atoms with Crippen LogP contribution in [-0.4, -0.2) is 16.2 Å². The molecule has 0 radical (unpaired) electrons. The van der Waals surface area contributed by atoms with Crippen molar-refractivity contribution in [1.29, 1.82) is 0 Å². The van der Waals surface area contributed by atoms with Gasteiger partial charge in [0.25, 0.3) is 5.56 Å². The van der Waals surface area contributed by atoms with E-state index < -0.39 is 17.1 Å². The lowest BCUT2D eigenvalue weighted by atomic mass is 10.3. The molecule has 0 saturated carbocycles. The topological polar surface area (TPSA) is 64.1 Å². The summed E-state index contributed by atoms with van der Waals surface area (Å²) >= 11 is 11.4. The van der Waals surface area contributed by atoms with Crippen molar-refractivity contribution in [2.75, 3.05) is 6.61 Å². The zero-order valence-electron chi connectivity index (χ0n) is 10.0. The number of nitrogens with zero attached hydrogens (tertiary/aromatic N) is 1. The first-order valence-corrected chi connectivity index (χ1v) is 6.30. The third-order valence-electron chi connectivity index (χ3n) is 2.45. The maximum atomic E-state index is 12.8. The number of nitrogens with one attached hydrogen (secondary N) is 1. The summed E-state index contributed by atoms with van der Waals surface area (Å²) in [5.74, 6) is -0.164. The van der Waals surface area contributed by atoms with Gasteiger partial charge in [-0.1, -0.05) is 23.2 Å². The summed E-state index contributed by atoms with van der Waals surface area (Å²) in [5, 5.41) is 0.0428. The predicted octanol–water partition coefficient (Wildman–Crippen LogP) is 2.06. The van der Waals surface area contributed by atoms with Crippen LogP contribution in [0, 0.1) is 5.82 Å². The summed E-state index contributed by atoms with van der Waals surface area (Å²) in [6, 6.07) is 3.73. The van der Waals surface area contributed by atoms with Gasteiger partial charge in [-0.2, -0.15) is 0 Å². The maximum absolute atomic E-state index is 12.8. The van der Waals surface area contributed by atoms with Gasteiger partial charge in [0.05, 0.1) is 11.6 Å². The molecule has 5 nitrogen and oxygen atoms in total. The molecular formula is C12H9Cl2FN2O3. The minimum absolute atomic E-state index is 0.0931. The molecule has 0 aliphatic carbocycles. The summed E-state index contributed by atoms with van der Waals surface area (Å²) in [6.45, 7) is 0.261. The number of hydrogen-bond donors (Lipinski definition) is 1. The highest BCUT2D eigenvalue weighted by molar-refractivity contribution is 6.32. The molecule has 0 aliphatic rings. The van der Waals surface area contributed by atoms with Crippen LogP contribution in [0.5, 0.6) is 5.75 Å². The Balaban J connectivity index is 2.05. The quantitative estimate of drug-likeness (QED) is 0.938. The predicted molar refractivity (Wildman–Crippen MR) is 73.2 cm³/mol. The average molecular weight is 319 g/mol. The van der Waals surface area contributed by atoms with Gasteiger partial charge in [-0.05, 0) is 18.2 Å². The first-order chi connectivity index (χ1) is 9.47. The lowest BCUT2D eigenvalue weighted by molar-refractivity contribution is 0.295. The molecule has 2 aromatic rings. The van der Waals surface area contributed by atoms with Gasteiger partial charge in [0, 0.05) is 6.20 Å².